The third-order valence-corrected chi connectivity index (χ3v) is 3.87. The summed E-state index contributed by atoms with van der Waals surface area (Å²) in [5, 5.41) is 7.42. The predicted molar refractivity (Wildman–Crippen MR) is 111 cm³/mol. The molecule has 0 bridgehead atoms. The van der Waals surface area contributed by atoms with Gasteiger partial charge in [0.15, 0.2) is 0 Å². The predicted octanol–water partition coefficient (Wildman–Crippen LogP) is 1.17. The summed E-state index contributed by atoms with van der Waals surface area (Å²) in [7, 11) is 0. The molecule has 0 spiro atoms. The van der Waals surface area contributed by atoms with Crippen molar-refractivity contribution in [2.75, 3.05) is 0 Å². The molecule has 2 amide bonds. The van der Waals surface area contributed by atoms with Gasteiger partial charge in [0.2, 0.25) is 0 Å². The van der Waals surface area contributed by atoms with Crippen molar-refractivity contribution in [3.05, 3.63) is 72.3 Å². The molecule has 0 fully saturated rings. The minimum Gasteiger partial charge on any atom is -0.262 e. The van der Waals surface area contributed by atoms with Crippen LogP contribution in [0.25, 0.3) is 22.1 Å². The summed E-state index contributed by atoms with van der Waals surface area (Å²) < 4.78 is 0. The first-order chi connectivity index (χ1) is 14.7. The second kappa shape index (κ2) is 8.61. The number of amides is 2. The summed E-state index contributed by atoms with van der Waals surface area (Å²) in [6.45, 7) is 0. The van der Waals surface area contributed by atoms with E-state index in [9.17, 15) is 9.59 Å². The highest BCUT2D eigenvalue weighted by Gasteiger charge is 2.11. The Bertz CT molecular complexity index is 1200. The van der Waals surface area contributed by atoms with E-state index in [1.54, 1.807) is 0 Å². The van der Waals surface area contributed by atoms with Gasteiger partial charge >= 0.3 is 11.8 Å². The topological polar surface area (TPSA) is 134 Å². The van der Waals surface area contributed by atoms with E-state index < -0.39 is 11.8 Å². The summed E-state index contributed by atoms with van der Waals surface area (Å²) >= 11 is 0. The van der Waals surface area contributed by atoms with E-state index in [1.807, 2.05) is 48.5 Å². The lowest BCUT2D eigenvalue weighted by Crippen LogP contribution is -2.35. The van der Waals surface area contributed by atoms with Crippen molar-refractivity contribution in [3.63, 3.8) is 0 Å². The fourth-order valence-corrected chi connectivity index (χ4v) is 2.48. The maximum Gasteiger partial charge on any atom is 0.331 e. The first-order valence-electron chi connectivity index (χ1n) is 8.79. The highest BCUT2D eigenvalue weighted by Crippen LogP contribution is 2.08. The van der Waals surface area contributed by atoms with Crippen LogP contribution in [0.1, 0.15) is 11.4 Å². The molecule has 2 aromatic carbocycles. The van der Waals surface area contributed by atoms with E-state index in [4.69, 9.17) is 0 Å². The number of rotatable bonds is 4. The molecule has 0 aliphatic heterocycles. The smallest absolute Gasteiger partial charge is 0.262 e. The summed E-state index contributed by atoms with van der Waals surface area (Å²) in [6, 6.07) is 14.7. The van der Waals surface area contributed by atoms with E-state index >= 15 is 0 Å². The SMILES string of the molecule is O=C(N/N=C\c1cnc2ccccc2n1)C(=O)N/N=C\c1cnc2ccccc2n1. The zero-order valence-electron chi connectivity index (χ0n) is 15.4. The number of hydrazone groups is 2. The van der Waals surface area contributed by atoms with E-state index in [1.165, 1.54) is 24.8 Å². The van der Waals surface area contributed by atoms with Gasteiger partial charge in [-0.25, -0.2) is 20.8 Å². The Morgan fingerprint density at radius 1 is 0.667 bits per heavy atom. The first-order valence-corrected chi connectivity index (χ1v) is 8.79. The molecule has 0 aliphatic carbocycles. The molecule has 4 rings (SSSR count). The van der Waals surface area contributed by atoms with Gasteiger partial charge in [-0.05, 0) is 24.3 Å². The lowest BCUT2D eigenvalue weighted by Gasteiger charge is -1.99. The molecule has 0 radical (unpaired) electrons. The Hall–Kier alpha value is -4.60. The van der Waals surface area contributed by atoms with Gasteiger partial charge in [0.25, 0.3) is 0 Å². The Morgan fingerprint density at radius 3 is 1.50 bits per heavy atom. The van der Waals surface area contributed by atoms with Crippen molar-refractivity contribution < 1.29 is 9.59 Å². The van der Waals surface area contributed by atoms with Crippen molar-refractivity contribution in [3.8, 4) is 0 Å². The zero-order valence-corrected chi connectivity index (χ0v) is 15.4. The molecule has 2 heterocycles. The Labute approximate surface area is 169 Å². The maximum atomic E-state index is 11.8. The molecule has 2 aromatic heterocycles. The standard InChI is InChI=1S/C20H14N8O2/c29-19(27-23-11-13-9-21-15-5-1-3-7-17(15)25-13)20(30)28-24-12-14-10-22-16-6-2-4-8-18(16)26-14/h1-12H,(H,27,29)(H,28,30)/b23-11-,24-12-. The van der Waals surface area contributed by atoms with E-state index in [0.29, 0.717) is 22.4 Å². The van der Waals surface area contributed by atoms with E-state index in [2.05, 4.69) is 41.0 Å². The minimum atomic E-state index is -0.984. The number of nitrogens with zero attached hydrogens (tertiary/aromatic N) is 6. The Morgan fingerprint density at radius 2 is 1.07 bits per heavy atom. The minimum absolute atomic E-state index is 0.433. The van der Waals surface area contributed by atoms with Crippen LogP contribution in [-0.2, 0) is 9.59 Å². The van der Waals surface area contributed by atoms with Crippen LogP contribution in [0.15, 0.2) is 71.1 Å². The number of hydrogen-bond donors (Lipinski definition) is 2. The average Bonchev–Trinajstić information content (AvgIpc) is 2.78. The van der Waals surface area contributed by atoms with E-state index in [-0.39, 0.29) is 0 Å². The van der Waals surface area contributed by atoms with Gasteiger partial charge in [0.1, 0.15) is 11.4 Å². The number of hydrogen-bond acceptors (Lipinski definition) is 8. The second-order valence-corrected chi connectivity index (χ2v) is 5.97. The van der Waals surface area contributed by atoms with Gasteiger partial charge in [-0.1, -0.05) is 24.3 Å². The quantitative estimate of drug-likeness (QED) is 0.301. The van der Waals surface area contributed by atoms with Gasteiger partial charge in [0, 0.05) is 0 Å². The molecule has 0 atom stereocenters. The number of aromatic nitrogens is 4. The van der Waals surface area contributed by atoms with Gasteiger partial charge in [-0.3, -0.25) is 19.6 Å². The van der Waals surface area contributed by atoms with Crippen molar-refractivity contribution in [1.29, 1.82) is 0 Å². The normalized spacial score (nSPS) is 11.3. The molecular weight excluding hydrogens is 384 g/mol. The molecule has 2 N–H and O–H groups in total. The van der Waals surface area contributed by atoms with Crippen LogP contribution in [0.4, 0.5) is 0 Å². The molecule has 10 heteroatoms. The molecule has 10 nitrogen and oxygen atoms in total. The number of carbonyl (C=O) groups excluding carboxylic acids is 2. The fraction of sp³-hybridized carbons (Fsp3) is 0. The van der Waals surface area contributed by atoms with Crippen molar-refractivity contribution >= 4 is 46.3 Å². The summed E-state index contributed by atoms with van der Waals surface area (Å²) in [5.41, 5.74) is 7.93. The number of para-hydroxylation sites is 4. The summed E-state index contributed by atoms with van der Waals surface area (Å²) in [5.74, 6) is -1.97. The number of carbonyl (C=O) groups is 2. The first kappa shape index (κ1) is 18.7. The number of nitrogens with one attached hydrogen (secondary N) is 2. The van der Waals surface area contributed by atoms with Crippen LogP contribution in [0.5, 0.6) is 0 Å². The Balaban J connectivity index is 1.32. The third-order valence-electron chi connectivity index (χ3n) is 3.87. The van der Waals surface area contributed by atoms with Crippen LogP contribution < -0.4 is 10.9 Å². The van der Waals surface area contributed by atoms with Crippen molar-refractivity contribution in [1.82, 2.24) is 30.8 Å². The van der Waals surface area contributed by atoms with Crippen LogP contribution in [-0.4, -0.2) is 44.2 Å². The summed E-state index contributed by atoms with van der Waals surface area (Å²) in [4.78, 5) is 40.7. The van der Waals surface area contributed by atoms with Crippen molar-refractivity contribution in [2.24, 2.45) is 10.2 Å². The molecule has 4 aromatic rings. The van der Waals surface area contributed by atoms with Gasteiger partial charge in [0.05, 0.1) is 46.9 Å². The highest BCUT2D eigenvalue weighted by molar-refractivity contribution is 6.35. The highest BCUT2D eigenvalue weighted by atomic mass is 16.2. The molecule has 146 valence electrons. The maximum absolute atomic E-state index is 11.8. The zero-order chi connectivity index (χ0) is 20.8. The van der Waals surface area contributed by atoms with Crippen LogP contribution in [0.2, 0.25) is 0 Å². The number of benzene rings is 2. The van der Waals surface area contributed by atoms with Crippen molar-refractivity contribution in [2.45, 2.75) is 0 Å². The molecule has 0 saturated heterocycles. The monoisotopic (exact) mass is 398 g/mol. The lowest BCUT2D eigenvalue weighted by atomic mass is 10.3. The molecule has 0 saturated carbocycles. The lowest BCUT2D eigenvalue weighted by molar-refractivity contribution is -0.139. The van der Waals surface area contributed by atoms with Crippen LogP contribution in [0.3, 0.4) is 0 Å². The molecule has 0 unspecified atom stereocenters. The molecular formula is C20H14N8O2. The van der Waals surface area contributed by atoms with Crippen LogP contribution >= 0.6 is 0 Å². The third kappa shape index (κ3) is 4.44. The molecule has 30 heavy (non-hydrogen) atoms. The Kier molecular flexibility index (Phi) is 5.38. The number of fused-ring (bicyclic) bond motifs is 2. The largest absolute Gasteiger partial charge is 0.331 e. The second-order valence-electron chi connectivity index (χ2n) is 5.97. The van der Waals surface area contributed by atoms with Gasteiger partial charge in [-0.15, -0.1) is 0 Å². The average molecular weight is 398 g/mol. The van der Waals surface area contributed by atoms with Gasteiger partial charge < -0.3 is 0 Å². The molecule has 0 aliphatic rings. The van der Waals surface area contributed by atoms with E-state index in [0.717, 1.165) is 11.0 Å². The van der Waals surface area contributed by atoms with Crippen LogP contribution in [0, 0.1) is 0 Å². The van der Waals surface area contributed by atoms with Gasteiger partial charge in [-0.2, -0.15) is 10.2 Å². The fourth-order valence-electron chi connectivity index (χ4n) is 2.48. The summed E-state index contributed by atoms with van der Waals surface area (Å²) in [6.07, 6.45) is 5.59.